The molecule has 29 heavy (non-hydrogen) atoms. The molecule has 0 N–H and O–H groups in total. The maximum atomic E-state index is 13.2. The van der Waals surface area contributed by atoms with Crippen molar-refractivity contribution in [3.05, 3.63) is 83.9 Å². The van der Waals surface area contributed by atoms with Gasteiger partial charge in [0, 0.05) is 12.0 Å². The Morgan fingerprint density at radius 1 is 1.00 bits per heavy atom. The lowest BCUT2D eigenvalue weighted by atomic mass is 9.92. The van der Waals surface area contributed by atoms with Crippen molar-refractivity contribution in [3.8, 4) is 0 Å². The highest BCUT2D eigenvalue weighted by atomic mass is 16.6. The number of hydrogen-bond acceptors (Lipinski definition) is 4. The second-order valence-electron chi connectivity index (χ2n) is 8.43. The Bertz CT molecular complexity index is 1060. The summed E-state index contributed by atoms with van der Waals surface area (Å²) in [5, 5.41) is 2.16. The monoisotopic (exact) mass is 387 g/mol. The van der Waals surface area contributed by atoms with Crippen LogP contribution in [0, 0.1) is 0 Å². The minimum absolute atomic E-state index is 0.162. The molecule has 0 saturated carbocycles. The summed E-state index contributed by atoms with van der Waals surface area (Å²) in [6.07, 6.45) is 0.428. The number of carbonyl (C=O) groups is 1. The largest absolute Gasteiger partial charge is 0.474 e. The lowest BCUT2D eigenvalue weighted by Gasteiger charge is -2.28. The van der Waals surface area contributed by atoms with Gasteiger partial charge >= 0.3 is 5.97 Å². The zero-order valence-electron chi connectivity index (χ0n) is 17.0. The molecular weight excluding hydrogens is 362 g/mol. The first-order valence-corrected chi connectivity index (χ1v) is 9.85. The van der Waals surface area contributed by atoms with Gasteiger partial charge in [-0.15, -0.1) is 0 Å². The number of esters is 1. The third kappa shape index (κ3) is 4.02. The Hall–Kier alpha value is -3.14. The van der Waals surface area contributed by atoms with Gasteiger partial charge in [-0.25, -0.2) is 9.79 Å². The highest BCUT2D eigenvalue weighted by Crippen LogP contribution is 2.31. The van der Waals surface area contributed by atoms with E-state index in [0.717, 1.165) is 21.9 Å². The van der Waals surface area contributed by atoms with E-state index in [9.17, 15) is 4.79 Å². The van der Waals surface area contributed by atoms with Gasteiger partial charge in [-0.3, -0.25) is 0 Å². The minimum atomic E-state index is -1.10. The molecule has 1 aliphatic heterocycles. The van der Waals surface area contributed by atoms with Crippen molar-refractivity contribution in [1.29, 1.82) is 0 Å². The molecule has 0 amide bonds. The highest BCUT2D eigenvalue weighted by Gasteiger charge is 2.47. The maximum absolute atomic E-state index is 13.2. The van der Waals surface area contributed by atoms with Crippen LogP contribution >= 0.6 is 0 Å². The Kier molecular flexibility index (Phi) is 4.87. The molecule has 4 rings (SSSR count). The SMILES string of the molecule is CC(C)(C)OC(=O)[C@@]1(Cc2ccccc2)COC(c2cccc3ccccc23)=N1. The summed E-state index contributed by atoms with van der Waals surface area (Å²) >= 11 is 0. The van der Waals surface area contributed by atoms with Crippen LogP contribution in [0.2, 0.25) is 0 Å². The van der Waals surface area contributed by atoms with E-state index in [2.05, 4.69) is 12.1 Å². The van der Waals surface area contributed by atoms with Crippen LogP contribution < -0.4 is 0 Å². The van der Waals surface area contributed by atoms with Crippen LogP contribution in [0.1, 0.15) is 31.9 Å². The van der Waals surface area contributed by atoms with E-state index in [1.807, 2.05) is 81.4 Å². The first kappa shape index (κ1) is 19.2. The van der Waals surface area contributed by atoms with Crippen molar-refractivity contribution >= 4 is 22.6 Å². The number of nitrogens with zero attached hydrogens (tertiary/aromatic N) is 1. The molecule has 0 bridgehead atoms. The fourth-order valence-electron chi connectivity index (χ4n) is 3.57. The molecule has 0 aliphatic carbocycles. The van der Waals surface area contributed by atoms with Gasteiger partial charge in [0.25, 0.3) is 0 Å². The van der Waals surface area contributed by atoms with Crippen LogP contribution in [0.4, 0.5) is 0 Å². The van der Waals surface area contributed by atoms with Gasteiger partial charge < -0.3 is 9.47 Å². The van der Waals surface area contributed by atoms with Crippen molar-refractivity contribution in [1.82, 2.24) is 0 Å². The number of benzene rings is 3. The van der Waals surface area contributed by atoms with Crippen LogP contribution in [-0.2, 0) is 20.7 Å². The molecule has 1 aliphatic rings. The summed E-state index contributed by atoms with van der Waals surface area (Å²) in [5.74, 6) is 0.132. The number of rotatable bonds is 4. The topological polar surface area (TPSA) is 47.9 Å². The molecule has 4 nitrogen and oxygen atoms in total. The standard InChI is InChI=1S/C25H25NO3/c1-24(2,3)29-23(27)25(16-18-10-5-4-6-11-18)17-28-22(26-25)21-15-9-13-19-12-7-8-14-20(19)21/h4-15H,16-17H2,1-3H3/t25-/m1/s1. The van der Waals surface area contributed by atoms with Crippen molar-refractivity contribution in [3.63, 3.8) is 0 Å². The van der Waals surface area contributed by atoms with Gasteiger partial charge in [0.05, 0.1) is 0 Å². The normalized spacial score (nSPS) is 18.9. The van der Waals surface area contributed by atoms with E-state index >= 15 is 0 Å². The predicted octanol–water partition coefficient (Wildman–Crippen LogP) is 4.94. The number of ether oxygens (including phenoxy) is 2. The fourth-order valence-corrected chi connectivity index (χ4v) is 3.57. The quantitative estimate of drug-likeness (QED) is 0.596. The van der Waals surface area contributed by atoms with Gasteiger partial charge in [0.2, 0.25) is 5.90 Å². The predicted molar refractivity (Wildman–Crippen MR) is 115 cm³/mol. The van der Waals surface area contributed by atoms with E-state index < -0.39 is 11.1 Å². The lowest BCUT2D eigenvalue weighted by molar-refractivity contribution is -0.162. The van der Waals surface area contributed by atoms with Gasteiger partial charge in [-0.05, 0) is 43.2 Å². The van der Waals surface area contributed by atoms with Crippen LogP contribution in [0.3, 0.4) is 0 Å². The molecular formula is C25H25NO3. The Morgan fingerprint density at radius 2 is 1.69 bits per heavy atom. The molecule has 3 aromatic carbocycles. The summed E-state index contributed by atoms with van der Waals surface area (Å²) in [7, 11) is 0. The summed E-state index contributed by atoms with van der Waals surface area (Å²) in [5.41, 5.74) is 0.214. The molecule has 0 saturated heterocycles. The molecule has 0 spiro atoms. The number of fused-ring (bicyclic) bond motifs is 1. The van der Waals surface area contributed by atoms with Gasteiger partial charge in [0.15, 0.2) is 5.54 Å². The summed E-state index contributed by atoms with van der Waals surface area (Å²) in [4.78, 5) is 18.1. The Labute approximate surface area is 171 Å². The van der Waals surface area contributed by atoms with E-state index in [1.54, 1.807) is 0 Å². The molecule has 0 aromatic heterocycles. The third-order valence-electron chi connectivity index (χ3n) is 4.90. The second kappa shape index (κ2) is 7.36. The highest BCUT2D eigenvalue weighted by molar-refractivity contribution is 6.09. The average Bonchev–Trinajstić information content (AvgIpc) is 3.12. The summed E-state index contributed by atoms with van der Waals surface area (Å²) in [6, 6.07) is 24.0. The van der Waals surface area contributed by atoms with Gasteiger partial charge in [-0.2, -0.15) is 0 Å². The van der Waals surface area contributed by atoms with Crippen LogP contribution in [0.5, 0.6) is 0 Å². The molecule has 1 atom stereocenters. The zero-order valence-corrected chi connectivity index (χ0v) is 17.0. The van der Waals surface area contributed by atoms with E-state index in [4.69, 9.17) is 14.5 Å². The number of carbonyl (C=O) groups excluding carboxylic acids is 1. The second-order valence-corrected chi connectivity index (χ2v) is 8.43. The van der Waals surface area contributed by atoms with E-state index in [1.165, 1.54) is 0 Å². The average molecular weight is 387 g/mol. The maximum Gasteiger partial charge on any atom is 0.338 e. The Balaban J connectivity index is 1.77. The smallest absolute Gasteiger partial charge is 0.338 e. The molecule has 3 aromatic rings. The third-order valence-corrected chi connectivity index (χ3v) is 4.90. The van der Waals surface area contributed by atoms with Crippen LogP contribution in [0.25, 0.3) is 10.8 Å². The molecule has 0 fully saturated rings. The molecule has 4 heteroatoms. The van der Waals surface area contributed by atoms with Gasteiger partial charge in [-0.1, -0.05) is 66.7 Å². The van der Waals surface area contributed by atoms with Crippen molar-refractivity contribution < 1.29 is 14.3 Å². The summed E-state index contributed by atoms with van der Waals surface area (Å²) < 4.78 is 11.8. The van der Waals surface area contributed by atoms with Crippen LogP contribution in [-0.4, -0.2) is 29.6 Å². The van der Waals surface area contributed by atoms with Crippen molar-refractivity contribution in [2.24, 2.45) is 4.99 Å². The first-order chi connectivity index (χ1) is 13.9. The zero-order chi connectivity index (χ0) is 20.5. The molecule has 0 radical (unpaired) electrons. The lowest BCUT2D eigenvalue weighted by Crippen LogP contribution is -2.45. The fraction of sp³-hybridized carbons (Fsp3) is 0.280. The number of hydrogen-bond donors (Lipinski definition) is 0. The molecule has 1 heterocycles. The molecule has 0 unspecified atom stereocenters. The first-order valence-electron chi connectivity index (χ1n) is 9.85. The van der Waals surface area contributed by atoms with Crippen molar-refractivity contribution in [2.45, 2.75) is 38.3 Å². The van der Waals surface area contributed by atoms with Crippen LogP contribution in [0.15, 0.2) is 77.8 Å². The number of aliphatic imine (C=N–C) groups is 1. The van der Waals surface area contributed by atoms with Crippen molar-refractivity contribution in [2.75, 3.05) is 6.61 Å². The van der Waals surface area contributed by atoms with E-state index in [-0.39, 0.29) is 12.6 Å². The van der Waals surface area contributed by atoms with E-state index in [0.29, 0.717) is 12.3 Å². The molecule has 148 valence electrons. The summed E-state index contributed by atoms with van der Waals surface area (Å²) in [6.45, 7) is 5.76. The van der Waals surface area contributed by atoms with Gasteiger partial charge in [0.1, 0.15) is 12.2 Å². The Morgan fingerprint density at radius 3 is 2.45 bits per heavy atom. The minimum Gasteiger partial charge on any atom is -0.474 e.